The predicted octanol–water partition coefficient (Wildman–Crippen LogP) is 4.32. The fourth-order valence-corrected chi connectivity index (χ4v) is 3.42. The summed E-state index contributed by atoms with van der Waals surface area (Å²) < 4.78 is 65.9. The number of hydrogen-bond acceptors (Lipinski definition) is 3. The molecule has 2 aromatic rings. The van der Waals surface area contributed by atoms with Crippen molar-refractivity contribution < 1.29 is 26.4 Å². The molecule has 0 radical (unpaired) electrons. The van der Waals surface area contributed by atoms with Gasteiger partial charge in [-0.2, -0.15) is 0 Å². The molecule has 0 saturated carbocycles. The molecule has 0 saturated heterocycles. The quantitative estimate of drug-likeness (QED) is 0.601. The molecule has 0 aliphatic carbocycles. The minimum atomic E-state index is -3.85. The van der Waals surface area contributed by atoms with E-state index in [4.69, 9.17) is 0 Å². The zero-order chi connectivity index (χ0) is 22.5. The van der Waals surface area contributed by atoms with Crippen LogP contribution in [0.15, 0.2) is 36.4 Å². The lowest BCUT2D eigenvalue weighted by Crippen LogP contribution is -2.25. The van der Waals surface area contributed by atoms with Crippen molar-refractivity contribution in [2.24, 2.45) is 0 Å². The van der Waals surface area contributed by atoms with Crippen LogP contribution in [0.5, 0.6) is 0 Å². The lowest BCUT2D eigenvalue weighted by Gasteiger charge is -2.15. The van der Waals surface area contributed by atoms with Gasteiger partial charge in [-0.05, 0) is 60.4 Å². The Morgan fingerprint density at radius 1 is 1.13 bits per heavy atom. The van der Waals surface area contributed by atoms with Crippen molar-refractivity contribution >= 4 is 27.7 Å². The van der Waals surface area contributed by atoms with E-state index in [9.17, 15) is 26.4 Å². The highest BCUT2D eigenvalue weighted by Crippen LogP contribution is 2.25. The van der Waals surface area contributed by atoms with E-state index >= 15 is 0 Å². The first-order valence-corrected chi connectivity index (χ1v) is 11.1. The summed E-state index contributed by atoms with van der Waals surface area (Å²) in [5.74, 6) is -3.05. The van der Waals surface area contributed by atoms with Crippen molar-refractivity contribution in [1.82, 2.24) is 5.32 Å². The van der Waals surface area contributed by atoms with Gasteiger partial charge in [-0.1, -0.05) is 19.4 Å². The second kappa shape index (κ2) is 9.80. The molecule has 2 N–H and O–H groups in total. The number of benzene rings is 2. The van der Waals surface area contributed by atoms with Gasteiger partial charge in [0.1, 0.15) is 11.5 Å². The number of nitrogens with one attached hydrogen (secondary N) is 2. The van der Waals surface area contributed by atoms with Crippen molar-refractivity contribution in [3.63, 3.8) is 0 Å². The van der Waals surface area contributed by atoms with Gasteiger partial charge in [0.2, 0.25) is 15.9 Å². The lowest BCUT2D eigenvalue weighted by molar-refractivity contribution is -0.117. The summed E-state index contributed by atoms with van der Waals surface area (Å²) in [6.07, 6.45) is 5.06. The molecule has 0 spiro atoms. The maximum Gasteiger partial charge on any atom is 0.244 e. The molecule has 9 heteroatoms. The van der Waals surface area contributed by atoms with Crippen molar-refractivity contribution in [2.45, 2.75) is 32.7 Å². The van der Waals surface area contributed by atoms with Crippen molar-refractivity contribution in [3.8, 4) is 0 Å². The van der Waals surface area contributed by atoms with E-state index in [-0.39, 0.29) is 11.4 Å². The summed E-state index contributed by atoms with van der Waals surface area (Å²) in [6, 6.07) is 5.45. The molecule has 0 aromatic heterocycles. The number of aryl methyl sites for hydroxylation is 1. The van der Waals surface area contributed by atoms with E-state index in [0.717, 1.165) is 30.4 Å². The first-order valence-electron chi connectivity index (χ1n) is 9.24. The molecule has 1 amide bonds. The zero-order valence-corrected chi connectivity index (χ0v) is 17.6. The van der Waals surface area contributed by atoms with E-state index in [0.29, 0.717) is 12.0 Å². The third-order valence-corrected chi connectivity index (χ3v) is 4.82. The van der Waals surface area contributed by atoms with Crippen LogP contribution in [0.2, 0.25) is 0 Å². The van der Waals surface area contributed by atoms with Gasteiger partial charge in [0.15, 0.2) is 11.6 Å². The number of halogens is 3. The standard InChI is InChI=1S/C21H23F3N2O3S/c1-4-5-15-10-17(22)8-6-14(15)7-9-20(27)25-13(2)16-11-18(23)21(19(24)12-16)26-30(3,28)29/h6-13,26H,4-5H2,1-3H3,(H,25,27)/b9-7+/t13-/m1/s1. The Morgan fingerprint density at radius 2 is 1.77 bits per heavy atom. The number of carbonyl (C=O) groups excluding carboxylic acids is 1. The Morgan fingerprint density at radius 3 is 2.33 bits per heavy atom. The van der Waals surface area contributed by atoms with Crippen LogP contribution < -0.4 is 10.0 Å². The largest absolute Gasteiger partial charge is 0.346 e. The summed E-state index contributed by atoms with van der Waals surface area (Å²) in [5.41, 5.74) is 0.820. The van der Waals surface area contributed by atoms with Gasteiger partial charge in [0.05, 0.1) is 12.3 Å². The van der Waals surface area contributed by atoms with Crippen LogP contribution in [0, 0.1) is 17.5 Å². The van der Waals surface area contributed by atoms with Gasteiger partial charge in [-0.15, -0.1) is 0 Å². The van der Waals surface area contributed by atoms with Gasteiger partial charge in [-0.3, -0.25) is 9.52 Å². The molecule has 1 atom stereocenters. The van der Waals surface area contributed by atoms with Crippen molar-refractivity contribution in [2.75, 3.05) is 11.0 Å². The highest BCUT2D eigenvalue weighted by molar-refractivity contribution is 7.92. The lowest BCUT2D eigenvalue weighted by atomic mass is 10.0. The molecule has 2 aromatic carbocycles. The van der Waals surface area contributed by atoms with Gasteiger partial charge in [0, 0.05) is 6.08 Å². The van der Waals surface area contributed by atoms with Crippen LogP contribution in [-0.4, -0.2) is 20.6 Å². The Hall–Kier alpha value is -2.81. The third kappa shape index (κ3) is 6.62. The topological polar surface area (TPSA) is 75.3 Å². The highest BCUT2D eigenvalue weighted by atomic mass is 32.2. The number of carbonyl (C=O) groups is 1. The van der Waals surface area contributed by atoms with E-state index < -0.39 is 39.3 Å². The second-order valence-corrected chi connectivity index (χ2v) is 8.64. The Kier molecular flexibility index (Phi) is 7.66. The van der Waals surface area contributed by atoms with Crippen molar-refractivity contribution in [3.05, 3.63) is 70.5 Å². The molecule has 0 bridgehead atoms. The molecule has 0 aliphatic rings. The fourth-order valence-electron chi connectivity index (χ4n) is 2.86. The number of hydrogen-bond donors (Lipinski definition) is 2. The molecular weight excluding hydrogens is 417 g/mol. The normalized spacial score (nSPS) is 12.7. The zero-order valence-electron chi connectivity index (χ0n) is 16.8. The van der Waals surface area contributed by atoms with E-state index in [2.05, 4.69) is 5.32 Å². The number of amides is 1. The summed E-state index contributed by atoms with van der Waals surface area (Å²) in [4.78, 5) is 12.2. The number of sulfonamides is 1. The summed E-state index contributed by atoms with van der Waals surface area (Å²) >= 11 is 0. The first-order chi connectivity index (χ1) is 14.0. The van der Waals surface area contributed by atoms with Crippen LogP contribution in [0.1, 0.15) is 43.0 Å². The maximum atomic E-state index is 14.1. The summed E-state index contributed by atoms with van der Waals surface area (Å²) in [5, 5.41) is 2.58. The average Bonchev–Trinajstić information content (AvgIpc) is 2.63. The Labute approximate surface area is 174 Å². The van der Waals surface area contributed by atoms with E-state index in [1.54, 1.807) is 16.9 Å². The van der Waals surface area contributed by atoms with Crippen LogP contribution >= 0.6 is 0 Å². The molecule has 0 fully saturated rings. The minimum Gasteiger partial charge on any atom is -0.346 e. The molecule has 0 unspecified atom stereocenters. The van der Waals surface area contributed by atoms with Gasteiger partial charge >= 0.3 is 0 Å². The monoisotopic (exact) mass is 440 g/mol. The Balaban J connectivity index is 2.14. The molecule has 30 heavy (non-hydrogen) atoms. The summed E-state index contributed by atoms with van der Waals surface area (Å²) in [6.45, 7) is 3.49. The second-order valence-electron chi connectivity index (χ2n) is 6.89. The smallest absolute Gasteiger partial charge is 0.244 e. The van der Waals surface area contributed by atoms with Crippen LogP contribution in [0.3, 0.4) is 0 Å². The molecule has 5 nitrogen and oxygen atoms in total. The van der Waals surface area contributed by atoms with E-state index in [1.165, 1.54) is 25.1 Å². The molecule has 162 valence electrons. The third-order valence-electron chi connectivity index (χ3n) is 4.25. The highest BCUT2D eigenvalue weighted by Gasteiger charge is 2.18. The van der Waals surface area contributed by atoms with Gasteiger partial charge in [0.25, 0.3) is 0 Å². The Bertz CT molecular complexity index is 1050. The first kappa shape index (κ1) is 23.5. The number of rotatable bonds is 8. The van der Waals surface area contributed by atoms with Crippen molar-refractivity contribution in [1.29, 1.82) is 0 Å². The van der Waals surface area contributed by atoms with Crippen LogP contribution in [0.4, 0.5) is 18.9 Å². The van der Waals surface area contributed by atoms with Gasteiger partial charge < -0.3 is 5.32 Å². The number of anilines is 1. The molecule has 0 heterocycles. The average molecular weight is 440 g/mol. The van der Waals surface area contributed by atoms with Crippen LogP contribution in [-0.2, 0) is 21.2 Å². The molecular formula is C21H23F3N2O3S. The summed E-state index contributed by atoms with van der Waals surface area (Å²) in [7, 11) is -3.85. The minimum absolute atomic E-state index is 0.124. The predicted molar refractivity (Wildman–Crippen MR) is 111 cm³/mol. The fraction of sp³-hybridized carbons (Fsp3) is 0.286. The molecule has 2 rings (SSSR count). The molecule has 0 aliphatic heterocycles. The van der Waals surface area contributed by atoms with E-state index in [1.807, 2.05) is 6.92 Å². The maximum absolute atomic E-state index is 14.1. The van der Waals surface area contributed by atoms with Gasteiger partial charge in [-0.25, -0.2) is 21.6 Å². The van der Waals surface area contributed by atoms with Crippen LogP contribution in [0.25, 0.3) is 6.08 Å². The SMILES string of the molecule is CCCc1cc(F)ccc1/C=C/C(=O)N[C@H](C)c1cc(F)c(NS(C)(=O)=O)c(F)c1.